The lowest BCUT2D eigenvalue weighted by Gasteiger charge is -2.65. The SMILES string of the molecule is CN1CC[C@@]23CCCC[C@@H]2[C@@H]1CC1CCC(CO)CC13. The molecule has 3 unspecified atom stereocenters. The van der Waals surface area contributed by atoms with Crippen molar-refractivity contribution in [3.63, 3.8) is 0 Å². The molecule has 1 aliphatic heterocycles. The van der Waals surface area contributed by atoms with Gasteiger partial charge in [-0.25, -0.2) is 0 Å². The number of hydrogen-bond donors (Lipinski definition) is 1. The van der Waals surface area contributed by atoms with E-state index < -0.39 is 0 Å². The van der Waals surface area contributed by atoms with Crippen LogP contribution in [0.5, 0.6) is 0 Å². The van der Waals surface area contributed by atoms with Crippen molar-refractivity contribution >= 4 is 0 Å². The highest BCUT2D eigenvalue weighted by Gasteiger charge is 2.58. The molecule has 1 saturated heterocycles. The summed E-state index contributed by atoms with van der Waals surface area (Å²) in [5, 5.41) is 9.63. The van der Waals surface area contributed by atoms with Gasteiger partial charge in [-0.1, -0.05) is 12.8 Å². The third kappa shape index (κ3) is 1.83. The normalized spacial score (nSPS) is 52.2. The predicted octanol–water partition coefficient (Wildman–Crippen LogP) is 3.30. The number of nitrogens with zero attached hydrogens (tertiary/aromatic N) is 1. The molecule has 0 aromatic rings. The Bertz CT molecular complexity index is 370. The van der Waals surface area contributed by atoms with Gasteiger partial charge in [0.1, 0.15) is 0 Å². The number of rotatable bonds is 1. The molecule has 2 bridgehead atoms. The Labute approximate surface area is 123 Å². The molecule has 20 heavy (non-hydrogen) atoms. The van der Waals surface area contributed by atoms with Crippen molar-refractivity contribution < 1.29 is 5.11 Å². The van der Waals surface area contributed by atoms with Gasteiger partial charge < -0.3 is 10.0 Å². The first-order valence-electron chi connectivity index (χ1n) is 9.05. The molecule has 0 amide bonds. The molecule has 114 valence electrons. The maximum absolute atomic E-state index is 9.63. The lowest BCUT2D eigenvalue weighted by atomic mass is 9.44. The van der Waals surface area contributed by atoms with E-state index in [-0.39, 0.29) is 0 Å². The fourth-order valence-corrected chi connectivity index (χ4v) is 6.81. The molecule has 2 nitrogen and oxygen atoms in total. The Morgan fingerprint density at radius 2 is 1.95 bits per heavy atom. The summed E-state index contributed by atoms with van der Waals surface area (Å²) in [4.78, 5) is 2.70. The number of fused-ring (bicyclic) bond motifs is 1. The minimum atomic E-state index is 0.438. The largest absolute Gasteiger partial charge is 0.396 e. The summed E-state index contributed by atoms with van der Waals surface area (Å²) < 4.78 is 0. The Hall–Kier alpha value is -0.0800. The van der Waals surface area contributed by atoms with Crippen molar-refractivity contribution in [2.24, 2.45) is 29.1 Å². The van der Waals surface area contributed by atoms with Crippen LogP contribution in [0, 0.1) is 29.1 Å². The molecular formula is C18H31NO. The smallest absolute Gasteiger partial charge is 0.0459 e. The van der Waals surface area contributed by atoms with Crippen LogP contribution in [0.1, 0.15) is 57.8 Å². The Morgan fingerprint density at radius 1 is 1.05 bits per heavy atom. The topological polar surface area (TPSA) is 23.5 Å². The maximum atomic E-state index is 9.63. The lowest BCUT2D eigenvalue weighted by Crippen LogP contribution is -2.63. The first-order valence-corrected chi connectivity index (χ1v) is 9.05. The Balaban J connectivity index is 1.68. The lowest BCUT2D eigenvalue weighted by molar-refractivity contribution is -0.154. The van der Waals surface area contributed by atoms with Crippen molar-refractivity contribution in [3.8, 4) is 0 Å². The van der Waals surface area contributed by atoms with Gasteiger partial charge in [0.15, 0.2) is 0 Å². The molecule has 1 N–H and O–H groups in total. The molecule has 3 aliphatic carbocycles. The van der Waals surface area contributed by atoms with E-state index in [2.05, 4.69) is 11.9 Å². The van der Waals surface area contributed by atoms with E-state index in [1.807, 2.05) is 0 Å². The summed E-state index contributed by atoms with van der Waals surface area (Å²) in [6, 6.07) is 0.885. The van der Waals surface area contributed by atoms with Crippen LogP contribution in [0.25, 0.3) is 0 Å². The van der Waals surface area contributed by atoms with Crippen LogP contribution in [-0.4, -0.2) is 36.2 Å². The number of aliphatic hydroxyl groups excluding tert-OH is 1. The molecule has 0 spiro atoms. The molecule has 0 aromatic heterocycles. The van der Waals surface area contributed by atoms with Gasteiger partial charge in [-0.15, -0.1) is 0 Å². The summed E-state index contributed by atoms with van der Waals surface area (Å²) in [7, 11) is 2.38. The zero-order valence-corrected chi connectivity index (χ0v) is 13.1. The molecule has 4 fully saturated rings. The fraction of sp³-hybridized carbons (Fsp3) is 1.00. The molecule has 6 atom stereocenters. The van der Waals surface area contributed by atoms with Gasteiger partial charge in [0.05, 0.1) is 0 Å². The Kier molecular flexibility index (Phi) is 3.38. The van der Waals surface area contributed by atoms with Crippen molar-refractivity contribution in [1.82, 2.24) is 4.90 Å². The van der Waals surface area contributed by atoms with E-state index in [0.29, 0.717) is 17.9 Å². The van der Waals surface area contributed by atoms with Crippen LogP contribution in [0.2, 0.25) is 0 Å². The van der Waals surface area contributed by atoms with Gasteiger partial charge in [-0.3, -0.25) is 0 Å². The van der Waals surface area contributed by atoms with E-state index in [4.69, 9.17) is 0 Å². The average Bonchev–Trinajstić information content (AvgIpc) is 2.50. The number of piperidine rings is 1. The Morgan fingerprint density at radius 3 is 2.80 bits per heavy atom. The molecule has 0 aromatic carbocycles. The van der Waals surface area contributed by atoms with Crippen molar-refractivity contribution in [2.45, 2.75) is 63.8 Å². The van der Waals surface area contributed by atoms with E-state index in [9.17, 15) is 5.11 Å². The molecule has 2 heteroatoms. The van der Waals surface area contributed by atoms with E-state index in [1.165, 1.54) is 64.3 Å². The third-order valence-corrected chi connectivity index (χ3v) is 7.75. The number of likely N-dealkylation sites (tertiary alicyclic amines) is 1. The van der Waals surface area contributed by atoms with E-state index in [1.54, 1.807) is 0 Å². The molecular weight excluding hydrogens is 246 g/mol. The van der Waals surface area contributed by atoms with E-state index in [0.717, 1.165) is 23.8 Å². The molecule has 0 radical (unpaired) electrons. The van der Waals surface area contributed by atoms with Gasteiger partial charge in [0.2, 0.25) is 0 Å². The van der Waals surface area contributed by atoms with Gasteiger partial charge in [-0.2, -0.15) is 0 Å². The molecule has 4 rings (SSSR count). The summed E-state index contributed by atoms with van der Waals surface area (Å²) in [5.41, 5.74) is 0.673. The van der Waals surface area contributed by atoms with Crippen LogP contribution >= 0.6 is 0 Å². The zero-order chi connectivity index (χ0) is 13.7. The first kappa shape index (κ1) is 13.6. The molecule has 3 saturated carbocycles. The van der Waals surface area contributed by atoms with Crippen molar-refractivity contribution in [3.05, 3.63) is 0 Å². The summed E-state index contributed by atoms with van der Waals surface area (Å²) >= 11 is 0. The van der Waals surface area contributed by atoms with E-state index >= 15 is 0 Å². The van der Waals surface area contributed by atoms with Gasteiger partial charge >= 0.3 is 0 Å². The molecule has 4 aliphatic rings. The van der Waals surface area contributed by atoms with Crippen LogP contribution in [-0.2, 0) is 0 Å². The van der Waals surface area contributed by atoms with Gasteiger partial charge in [-0.05, 0) is 87.6 Å². The highest BCUT2D eigenvalue weighted by Crippen LogP contribution is 2.63. The van der Waals surface area contributed by atoms with Crippen LogP contribution in [0.15, 0.2) is 0 Å². The monoisotopic (exact) mass is 277 g/mol. The number of aliphatic hydroxyl groups is 1. The van der Waals surface area contributed by atoms with Gasteiger partial charge in [0.25, 0.3) is 0 Å². The van der Waals surface area contributed by atoms with Crippen LogP contribution < -0.4 is 0 Å². The predicted molar refractivity (Wildman–Crippen MR) is 81.4 cm³/mol. The number of hydrogen-bond acceptors (Lipinski definition) is 2. The summed E-state index contributed by atoms with van der Waals surface area (Å²) in [6.45, 7) is 1.77. The second-order valence-corrected chi connectivity index (χ2v) is 8.35. The standard InChI is InChI=1S/C18H31NO/c1-19-9-8-18-7-3-2-4-15(18)17(19)11-14-6-5-13(12-20)10-16(14)18/h13-17,20H,2-12H2,1H3/t13?,14?,15-,16?,17+,18+/m1/s1. The van der Waals surface area contributed by atoms with Crippen LogP contribution in [0.4, 0.5) is 0 Å². The highest BCUT2D eigenvalue weighted by atomic mass is 16.3. The maximum Gasteiger partial charge on any atom is 0.0459 e. The minimum Gasteiger partial charge on any atom is -0.396 e. The van der Waals surface area contributed by atoms with Crippen molar-refractivity contribution in [1.29, 1.82) is 0 Å². The molecule has 1 heterocycles. The first-order chi connectivity index (χ1) is 9.74. The second-order valence-electron chi connectivity index (χ2n) is 8.35. The summed E-state index contributed by atoms with van der Waals surface area (Å²) in [6.07, 6.45) is 12.9. The third-order valence-electron chi connectivity index (χ3n) is 7.75. The fourth-order valence-electron chi connectivity index (χ4n) is 6.81. The average molecular weight is 277 g/mol. The second kappa shape index (κ2) is 4.98. The van der Waals surface area contributed by atoms with Crippen molar-refractivity contribution in [2.75, 3.05) is 20.2 Å². The minimum absolute atomic E-state index is 0.438. The zero-order valence-electron chi connectivity index (χ0n) is 13.1. The quantitative estimate of drug-likeness (QED) is 0.795. The highest BCUT2D eigenvalue weighted by molar-refractivity contribution is 5.09. The van der Waals surface area contributed by atoms with Crippen LogP contribution in [0.3, 0.4) is 0 Å². The summed E-state index contributed by atoms with van der Waals surface area (Å²) in [5.74, 6) is 3.52. The van der Waals surface area contributed by atoms with Gasteiger partial charge in [0, 0.05) is 12.6 Å².